The van der Waals surface area contributed by atoms with Crippen molar-refractivity contribution in [3.05, 3.63) is 93.5 Å². The Kier molecular flexibility index (Phi) is 9.00. The van der Waals surface area contributed by atoms with Crippen LogP contribution in [0.3, 0.4) is 0 Å². The molecule has 0 saturated heterocycles. The van der Waals surface area contributed by atoms with Crippen molar-refractivity contribution in [2.75, 3.05) is 24.8 Å². The Morgan fingerprint density at radius 1 is 1.07 bits per heavy atom. The minimum atomic E-state index is -0.432. The van der Waals surface area contributed by atoms with E-state index in [9.17, 15) is 14.4 Å². The van der Waals surface area contributed by atoms with Crippen molar-refractivity contribution in [3.8, 4) is 16.9 Å². The molecule has 4 N–H and O–H groups in total. The molecule has 0 aliphatic heterocycles. The second kappa shape index (κ2) is 13.0. The maximum Gasteiger partial charge on any atom is 0.273 e. The van der Waals surface area contributed by atoms with Gasteiger partial charge in [-0.1, -0.05) is 48.6 Å². The average Bonchev–Trinajstić information content (AvgIpc) is 3.87. The smallest absolute Gasteiger partial charge is 0.273 e. The summed E-state index contributed by atoms with van der Waals surface area (Å²) in [6.07, 6.45) is 3.41. The Morgan fingerprint density at radius 2 is 1.86 bits per heavy atom. The van der Waals surface area contributed by atoms with E-state index in [2.05, 4.69) is 31.5 Å². The number of para-hydroxylation sites is 1. The number of methoxy groups -OCH3 is 1. The van der Waals surface area contributed by atoms with Crippen LogP contribution in [0.25, 0.3) is 11.1 Å². The minimum Gasteiger partial charge on any atom is -0.494 e. The molecule has 2 heterocycles. The first-order chi connectivity index (χ1) is 21.2. The van der Waals surface area contributed by atoms with Crippen LogP contribution in [-0.4, -0.2) is 45.7 Å². The van der Waals surface area contributed by atoms with E-state index in [1.807, 2.05) is 49.4 Å². The first kappa shape index (κ1) is 30.4. The number of ether oxygens (including phenoxy) is 1. The van der Waals surface area contributed by atoms with Crippen molar-refractivity contribution in [2.45, 2.75) is 26.3 Å². The number of anilines is 3. The van der Waals surface area contributed by atoms with Crippen LogP contribution in [-0.2, 0) is 18.4 Å². The van der Waals surface area contributed by atoms with E-state index in [1.165, 1.54) is 11.6 Å². The third-order valence-corrected chi connectivity index (χ3v) is 7.71. The topological polar surface area (TPSA) is 139 Å². The van der Waals surface area contributed by atoms with Crippen LogP contribution in [0.2, 0.25) is 0 Å². The molecule has 226 valence electrons. The number of aryl methyl sites for hydroxylation is 2. The molecule has 0 radical (unpaired) electrons. The monoisotopic (exact) mass is 611 g/mol. The molecule has 4 aromatic rings. The molecule has 11 nitrogen and oxygen atoms in total. The maximum atomic E-state index is 12.6. The third kappa shape index (κ3) is 6.60. The molecule has 0 bridgehead atoms. The van der Waals surface area contributed by atoms with Gasteiger partial charge in [-0.15, -0.1) is 10.2 Å². The van der Waals surface area contributed by atoms with Gasteiger partial charge in [0.15, 0.2) is 11.5 Å². The van der Waals surface area contributed by atoms with E-state index in [1.54, 1.807) is 32.5 Å². The summed E-state index contributed by atoms with van der Waals surface area (Å²) in [4.78, 5) is 37.8. The van der Waals surface area contributed by atoms with E-state index in [-0.39, 0.29) is 28.9 Å². The van der Waals surface area contributed by atoms with Gasteiger partial charge in [0.05, 0.1) is 18.5 Å². The van der Waals surface area contributed by atoms with E-state index < -0.39 is 5.91 Å². The van der Waals surface area contributed by atoms with Crippen molar-refractivity contribution in [1.29, 1.82) is 0 Å². The lowest BCUT2D eigenvalue weighted by Gasteiger charge is -2.18. The fraction of sp³-hybridized carbons (Fsp3) is 0.250. The first-order valence-corrected chi connectivity index (χ1v) is 14.5. The number of hydrogen-bond acceptors (Lipinski definition) is 8. The van der Waals surface area contributed by atoms with E-state index >= 15 is 0 Å². The van der Waals surface area contributed by atoms with E-state index in [4.69, 9.17) is 17.0 Å². The average molecular weight is 612 g/mol. The molecule has 2 aromatic carbocycles. The summed E-state index contributed by atoms with van der Waals surface area (Å²) >= 11 is 5.66. The summed E-state index contributed by atoms with van der Waals surface area (Å²) in [5, 5.41) is 19.9. The Bertz CT molecular complexity index is 1820. The van der Waals surface area contributed by atoms with Crippen LogP contribution in [0.1, 0.15) is 40.0 Å². The van der Waals surface area contributed by atoms with Gasteiger partial charge in [0.25, 0.3) is 11.5 Å². The van der Waals surface area contributed by atoms with Crippen LogP contribution >= 0.6 is 12.2 Å². The fourth-order valence-corrected chi connectivity index (χ4v) is 5.08. The van der Waals surface area contributed by atoms with Gasteiger partial charge in [-0.3, -0.25) is 14.4 Å². The van der Waals surface area contributed by atoms with Gasteiger partial charge >= 0.3 is 0 Å². The Hall–Kier alpha value is -5.10. The van der Waals surface area contributed by atoms with Gasteiger partial charge < -0.3 is 30.6 Å². The van der Waals surface area contributed by atoms with Gasteiger partial charge in [0.1, 0.15) is 10.7 Å². The zero-order valence-corrected chi connectivity index (χ0v) is 25.7. The summed E-state index contributed by atoms with van der Waals surface area (Å²) in [5.41, 5.74) is 5.07. The van der Waals surface area contributed by atoms with Crippen molar-refractivity contribution < 1.29 is 14.3 Å². The Morgan fingerprint density at radius 3 is 2.57 bits per heavy atom. The highest BCUT2D eigenvalue weighted by Gasteiger charge is 2.30. The van der Waals surface area contributed by atoms with Gasteiger partial charge in [0.2, 0.25) is 5.91 Å². The zero-order valence-electron chi connectivity index (χ0n) is 24.9. The molecule has 0 unspecified atom stereocenters. The summed E-state index contributed by atoms with van der Waals surface area (Å²) in [6.45, 7) is 2.29. The predicted molar refractivity (Wildman–Crippen MR) is 173 cm³/mol. The van der Waals surface area contributed by atoms with Gasteiger partial charge in [-0.05, 0) is 43.0 Å². The number of nitrogens with zero attached hydrogens (tertiary/aromatic N) is 3. The third-order valence-electron chi connectivity index (χ3n) is 7.35. The molecule has 44 heavy (non-hydrogen) atoms. The second-order valence-corrected chi connectivity index (χ2v) is 10.9. The summed E-state index contributed by atoms with van der Waals surface area (Å²) in [7, 11) is 4.80. The molecule has 1 saturated carbocycles. The van der Waals surface area contributed by atoms with Crippen LogP contribution in [0.5, 0.6) is 5.75 Å². The highest BCUT2D eigenvalue weighted by atomic mass is 32.1. The molecule has 12 heteroatoms. The lowest BCUT2D eigenvalue weighted by molar-refractivity contribution is -0.117. The van der Waals surface area contributed by atoms with Crippen LogP contribution < -0.4 is 31.6 Å². The number of rotatable bonds is 10. The normalized spacial score (nSPS) is 12.3. The van der Waals surface area contributed by atoms with Crippen molar-refractivity contribution >= 4 is 46.2 Å². The van der Waals surface area contributed by atoms with Gasteiger partial charge in [-0.2, -0.15) is 0 Å². The largest absolute Gasteiger partial charge is 0.494 e. The molecule has 0 atom stereocenters. The molecule has 1 aliphatic rings. The van der Waals surface area contributed by atoms with Crippen molar-refractivity contribution in [1.82, 2.24) is 25.4 Å². The second-order valence-electron chi connectivity index (χ2n) is 10.5. The molecular weight excluding hydrogens is 578 g/mol. The van der Waals surface area contributed by atoms with Crippen LogP contribution in [0.15, 0.2) is 65.6 Å². The number of carbonyl (C=O) groups excluding carboxylic acids is 2. The molecular formula is C32H33N7O4S. The highest BCUT2D eigenvalue weighted by molar-refractivity contribution is 7.80. The number of nitrogens with one attached hydrogen (secondary N) is 4. The lowest BCUT2D eigenvalue weighted by Crippen LogP contribution is -2.28. The van der Waals surface area contributed by atoms with Crippen LogP contribution in [0.4, 0.5) is 17.2 Å². The number of benzene rings is 2. The highest BCUT2D eigenvalue weighted by Crippen LogP contribution is 2.39. The first-order valence-electron chi connectivity index (χ1n) is 14.1. The number of thiocarbonyl (C=S) groups is 1. The zero-order chi connectivity index (χ0) is 31.4. The van der Waals surface area contributed by atoms with Crippen molar-refractivity contribution in [2.24, 2.45) is 13.0 Å². The predicted octanol–water partition coefficient (Wildman–Crippen LogP) is 4.08. The minimum absolute atomic E-state index is 0.0125. The van der Waals surface area contributed by atoms with E-state index in [0.29, 0.717) is 34.2 Å². The SMILES string of the molecule is CNC(=O)c1nnc(NC(=O)C2CC2)cc1Nc1cccc(-c2ccc(C(=S)NCc3cccn(C)c3=O)c(C)c2)c1OC. The number of amides is 2. The molecule has 2 amide bonds. The van der Waals surface area contributed by atoms with Crippen molar-refractivity contribution in [3.63, 3.8) is 0 Å². The number of aromatic nitrogens is 3. The molecule has 2 aromatic heterocycles. The molecule has 0 spiro atoms. The quantitative estimate of drug-likeness (QED) is 0.195. The Labute approximate surface area is 260 Å². The Balaban J connectivity index is 1.41. The molecule has 5 rings (SSSR count). The molecule has 1 aliphatic carbocycles. The van der Waals surface area contributed by atoms with Crippen LogP contribution in [0, 0.1) is 12.8 Å². The maximum absolute atomic E-state index is 12.6. The van der Waals surface area contributed by atoms with Gasteiger partial charge in [0, 0.05) is 55.5 Å². The number of pyridine rings is 1. The fourth-order valence-electron chi connectivity index (χ4n) is 4.78. The summed E-state index contributed by atoms with van der Waals surface area (Å²) in [5.74, 6) is 0.231. The number of carbonyl (C=O) groups is 2. The lowest BCUT2D eigenvalue weighted by atomic mass is 9.98. The molecule has 1 fully saturated rings. The number of hydrogen-bond donors (Lipinski definition) is 4. The van der Waals surface area contributed by atoms with Gasteiger partial charge in [-0.25, -0.2) is 0 Å². The standard InChI is InChI=1S/C32H33N7O4S/c1-18-15-20(12-13-22(18)31(44)34-17-21-7-6-14-39(3)32(21)42)23-8-5-9-24(28(23)43-4)35-25-16-26(36-29(40)19-10-11-19)37-38-27(25)30(41)33-2/h5-9,12-16,19H,10-11,17H2,1-4H3,(H,33,41)(H,34,44)(H2,35,36,37,40). The van der Waals surface area contributed by atoms with E-state index in [0.717, 1.165) is 35.1 Å². The summed E-state index contributed by atoms with van der Waals surface area (Å²) in [6, 6.07) is 16.7. The summed E-state index contributed by atoms with van der Waals surface area (Å²) < 4.78 is 7.39.